The molecule has 0 bridgehead atoms. The predicted octanol–water partition coefficient (Wildman–Crippen LogP) is 0.222. The number of carbonyl (C=O) groups is 2. The van der Waals surface area contributed by atoms with E-state index in [0.29, 0.717) is 19.4 Å². The van der Waals surface area contributed by atoms with Crippen molar-refractivity contribution in [2.75, 3.05) is 6.54 Å². The summed E-state index contributed by atoms with van der Waals surface area (Å²) in [5.41, 5.74) is -0.858. The molecule has 1 aliphatic heterocycles. The highest BCUT2D eigenvalue weighted by atomic mass is 16.6. The maximum Gasteiger partial charge on any atom is 0.326 e. The molecular weight excluding hydrogens is 294 g/mol. The molecule has 118 valence electrons. The van der Waals surface area contributed by atoms with E-state index in [2.05, 4.69) is 0 Å². The molecule has 1 N–H and O–H groups in total. The summed E-state index contributed by atoms with van der Waals surface area (Å²) < 4.78 is 0.925. The fourth-order valence-electron chi connectivity index (χ4n) is 2.47. The van der Waals surface area contributed by atoms with Gasteiger partial charge in [0, 0.05) is 18.7 Å². The zero-order chi connectivity index (χ0) is 16.3. The molecule has 2 rings (SSSR count). The van der Waals surface area contributed by atoms with Gasteiger partial charge in [-0.1, -0.05) is 0 Å². The summed E-state index contributed by atoms with van der Waals surface area (Å²) in [4.78, 5) is 46.4. The van der Waals surface area contributed by atoms with Gasteiger partial charge in [0.15, 0.2) is 0 Å². The molecule has 1 aromatic heterocycles. The maximum absolute atomic E-state index is 12.2. The third-order valence-electron chi connectivity index (χ3n) is 3.59. The molecule has 9 nitrogen and oxygen atoms in total. The number of likely N-dealkylation sites (tertiary alicyclic amines) is 1. The second kappa shape index (κ2) is 6.37. The lowest BCUT2D eigenvalue weighted by Crippen LogP contribution is -2.49. The van der Waals surface area contributed by atoms with Crippen molar-refractivity contribution in [3.8, 4) is 0 Å². The Balaban J connectivity index is 2.20. The van der Waals surface area contributed by atoms with Crippen molar-refractivity contribution in [1.29, 1.82) is 0 Å². The maximum atomic E-state index is 12.2. The van der Waals surface area contributed by atoms with Crippen LogP contribution in [0.4, 0.5) is 5.69 Å². The van der Waals surface area contributed by atoms with Crippen LogP contribution in [-0.2, 0) is 16.1 Å². The van der Waals surface area contributed by atoms with Gasteiger partial charge in [0.05, 0.1) is 11.1 Å². The fourth-order valence-corrected chi connectivity index (χ4v) is 2.47. The van der Waals surface area contributed by atoms with Crippen LogP contribution in [0.1, 0.15) is 19.3 Å². The van der Waals surface area contributed by atoms with E-state index < -0.39 is 34.9 Å². The number of pyridine rings is 1. The molecule has 0 radical (unpaired) electrons. The van der Waals surface area contributed by atoms with Crippen molar-refractivity contribution in [1.82, 2.24) is 9.47 Å². The number of nitro groups is 1. The Kier molecular flexibility index (Phi) is 4.54. The zero-order valence-electron chi connectivity index (χ0n) is 11.7. The number of carbonyl (C=O) groups excluding carboxylic acids is 1. The zero-order valence-corrected chi connectivity index (χ0v) is 11.7. The van der Waals surface area contributed by atoms with Crippen LogP contribution in [0.3, 0.4) is 0 Å². The van der Waals surface area contributed by atoms with E-state index in [1.807, 2.05) is 0 Å². The molecular formula is C13H15N3O6. The standard InChI is InChI=1S/C13H15N3O6/c17-11-5-4-9(16(21)22)7-14(11)8-12(18)15-6-2-1-3-10(15)13(19)20/h4-5,7,10H,1-3,6,8H2,(H,19,20). The summed E-state index contributed by atoms with van der Waals surface area (Å²) >= 11 is 0. The fraction of sp³-hybridized carbons (Fsp3) is 0.462. The second-order valence-corrected chi connectivity index (χ2v) is 5.05. The average molecular weight is 309 g/mol. The van der Waals surface area contributed by atoms with Crippen LogP contribution in [0.25, 0.3) is 0 Å². The van der Waals surface area contributed by atoms with Crippen LogP contribution in [0.5, 0.6) is 0 Å². The first-order chi connectivity index (χ1) is 10.4. The third-order valence-corrected chi connectivity index (χ3v) is 3.59. The number of carboxylic acid groups (broad SMARTS) is 1. The van der Waals surface area contributed by atoms with Gasteiger partial charge in [-0.2, -0.15) is 0 Å². The summed E-state index contributed by atoms with van der Waals surface area (Å²) in [6, 6.07) is 1.16. The van der Waals surface area contributed by atoms with Gasteiger partial charge in [-0.05, 0) is 19.3 Å². The highest BCUT2D eigenvalue weighted by Gasteiger charge is 2.32. The van der Waals surface area contributed by atoms with Crippen molar-refractivity contribution >= 4 is 17.6 Å². The number of amides is 1. The molecule has 0 saturated carbocycles. The molecule has 1 atom stereocenters. The highest BCUT2D eigenvalue weighted by molar-refractivity contribution is 5.83. The van der Waals surface area contributed by atoms with E-state index in [-0.39, 0.29) is 5.69 Å². The summed E-state index contributed by atoms with van der Waals surface area (Å²) in [6.07, 6.45) is 2.77. The number of carboxylic acids is 1. The monoisotopic (exact) mass is 309 g/mol. The molecule has 9 heteroatoms. The lowest BCUT2D eigenvalue weighted by Gasteiger charge is -2.33. The Morgan fingerprint density at radius 3 is 2.73 bits per heavy atom. The normalized spacial score (nSPS) is 18.0. The molecule has 0 spiro atoms. The van der Waals surface area contributed by atoms with Gasteiger partial charge in [-0.25, -0.2) is 4.79 Å². The molecule has 1 unspecified atom stereocenters. The van der Waals surface area contributed by atoms with E-state index in [0.717, 1.165) is 29.3 Å². The van der Waals surface area contributed by atoms with Gasteiger partial charge in [0.1, 0.15) is 12.6 Å². The molecule has 0 aromatic carbocycles. The summed E-state index contributed by atoms with van der Waals surface area (Å²) in [6.45, 7) is -0.107. The number of aliphatic carboxylic acids is 1. The lowest BCUT2D eigenvalue weighted by atomic mass is 10.0. The number of piperidine rings is 1. The topological polar surface area (TPSA) is 123 Å². The van der Waals surface area contributed by atoms with E-state index in [1.165, 1.54) is 4.90 Å². The average Bonchev–Trinajstić information content (AvgIpc) is 2.49. The molecule has 1 fully saturated rings. The largest absolute Gasteiger partial charge is 0.480 e. The van der Waals surface area contributed by atoms with Gasteiger partial charge in [-0.3, -0.25) is 24.3 Å². The van der Waals surface area contributed by atoms with Gasteiger partial charge in [-0.15, -0.1) is 0 Å². The highest BCUT2D eigenvalue weighted by Crippen LogP contribution is 2.18. The molecule has 22 heavy (non-hydrogen) atoms. The van der Waals surface area contributed by atoms with Gasteiger partial charge in [0.25, 0.3) is 11.2 Å². The minimum atomic E-state index is -1.08. The van der Waals surface area contributed by atoms with E-state index in [1.54, 1.807) is 0 Å². The van der Waals surface area contributed by atoms with Gasteiger partial charge < -0.3 is 10.0 Å². The molecule has 1 aliphatic rings. The van der Waals surface area contributed by atoms with Crippen LogP contribution < -0.4 is 5.56 Å². The van der Waals surface area contributed by atoms with Crippen LogP contribution in [-0.4, -0.2) is 44.0 Å². The Morgan fingerprint density at radius 1 is 1.36 bits per heavy atom. The minimum absolute atomic E-state index is 0.305. The van der Waals surface area contributed by atoms with Crippen LogP contribution >= 0.6 is 0 Å². The molecule has 1 saturated heterocycles. The SMILES string of the molecule is O=C(O)C1CCCCN1C(=O)Cn1cc([N+](=O)[O-])ccc1=O. The number of rotatable bonds is 4. The first kappa shape index (κ1) is 15.7. The van der Waals surface area contributed by atoms with Crippen molar-refractivity contribution in [2.45, 2.75) is 31.8 Å². The quantitative estimate of drug-likeness (QED) is 0.627. The molecule has 2 heterocycles. The van der Waals surface area contributed by atoms with Crippen molar-refractivity contribution < 1.29 is 19.6 Å². The summed E-state index contributed by atoms with van der Waals surface area (Å²) in [7, 11) is 0. The minimum Gasteiger partial charge on any atom is -0.480 e. The smallest absolute Gasteiger partial charge is 0.326 e. The van der Waals surface area contributed by atoms with Gasteiger partial charge in [0.2, 0.25) is 5.91 Å². The number of hydrogen-bond donors (Lipinski definition) is 1. The van der Waals surface area contributed by atoms with Crippen molar-refractivity contribution in [3.63, 3.8) is 0 Å². The number of aromatic nitrogens is 1. The van der Waals surface area contributed by atoms with E-state index >= 15 is 0 Å². The van der Waals surface area contributed by atoms with E-state index in [4.69, 9.17) is 5.11 Å². The third kappa shape index (κ3) is 3.30. The Labute approximate surface area is 124 Å². The van der Waals surface area contributed by atoms with Crippen LogP contribution in [0.2, 0.25) is 0 Å². The summed E-state index contributed by atoms with van der Waals surface area (Å²) in [5.74, 6) is -1.62. The van der Waals surface area contributed by atoms with Gasteiger partial charge >= 0.3 is 5.97 Å². The van der Waals surface area contributed by atoms with Crippen molar-refractivity contribution in [2.24, 2.45) is 0 Å². The first-order valence-electron chi connectivity index (χ1n) is 6.77. The number of hydrogen-bond acceptors (Lipinski definition) is 5. The van der Waals surface area contributed by atoms with E-state index in [9.17, 15) is 24.5 Å². The van der Waals surface area contributed by atoms with Crippen LogP contribution in [0, 0.1) is 10.1 Å². The second-order valence-electron chi connectivity index (χ2n) is 5.05. The lowest BCUT2D eigenvalue weighted by molar-refractivity contribution is -0.385. The Bertz CT molecular complexity index is 668. The molecule has 0 aliphatic carbocycles. The van der Waals surface area contributed by atoms with Crippen LogP contribution in [0.15, 0.2) is 23.1 Å². The number of nitrogens with zero attached hydrogens (tertiary/aromatic N) is 3. The molecule has 1 aromatic rings. The Morgan fingerprint density at radius 2 is 2.09 bits per heavy atom. The predicted molar refractivity (Wildman–Crippen MR) is 74.3 cm³/mol. The summed E-state index contributed by atoms with van der Waals surface area (Å²) in [5, 5.41) is 19.9. The van der Waals surface area contributed by atoms with Crippen molar-refractivity contribution in [3.05, 3.63) is 38.8 Å². The Hall–Kier alpha value is -2.71. The first-order valence-corrected chi connectivity index (χ1v) is 6.77. The molecule has 1 amide bonds.